The van der Waals surface area contributed by atoms with E-state index < -0.39 is 5.97 Å². The molecule has 2 saturated heterocycles. The minimum Gasteiger partial charge on any atom is -0.478 e. The first kappa shape index (κ1) is 12.7. The Hall–Kier alpha value is -2.31. The van der Waals surface area contributed by atoms with Crippen molar-refractivity contribution in [3.8, 4) is 0 Å². The first-order valence-electron chi connectivity index (χ1n) is 6.59. The number of pyridine rings is 1. The van der Waals surface area contributed by atoms with Gasteiger partial charge in [0.25, 0.3) is 0 Å². The average Bonchev–Trinajstić information content (AvgIpc) is 2.79. The van der Waals surface area contributed by atoms with Gasteiger partial charge in [-0.15, -0.1) is 0 Å². The van der Waals surface area contributed by atoms with Crippen molar-refractivity contribution >= 4 is 23.4 Å². The highest BCUT2D eigenvalue weighted by atomic mass is 16.4. The number of carboxylic acids is 1. The number of hydrogen-bond acceptors (Lipinski definition) is 5. The van der Waals surface area contributed by atoms with E-state index in [1.54, 1.807) is 0 Å². The fourth-order valence-corrected chi connectivity index (χ4v) is 2.91. The van der Waals surface area contributed by atoms with Gasteiger partial charge in [-0.25, -0.2) is 9.78 Å². The number of nitrogens with zero attached hydrogens (tertiary/aromatic N) is 3. The summed E-state index contributed by atoms with van der Waals surface area (Å²) >= 11 is 0. The van der Waals surface area contributed by atoms with Gasteiger partial charge in [0.2, 0.25) is 5.91 Å². The van der Waals surface area contributed by atoms with Crippen LogP contribution >= 0.6 is 0 Å². The molecular formula is C13H16N4O3. The number of nitrogens with two attached hydrogens (primary N) is 1. The van der Waals surface area contributed by atoms with Crippen molar-refractivity contribution in [1.82, 2.24) is 9.88 Å². The third kappa shape index (κ3) is 2.04. The number of piperazine rings is 1. The molecule has 106 valence electrons. The second kappa shape index (κ2) is 4.66. The lowest BCUT2D eigenvalue weighted by Gasteiger charge is -2.38. The Morgan fingerprint density at radius 1 is 1.45 bits per heavy atom. The number of carbonyl (C=O) groups is 2. The lowest BCUT2D eigenvalue weighted by Crippen LogP contribution is -2.51. The summed E-state index contributed by atoms with van der Waals surface area (Å²) in [4.78, 5) is 30.6. The first-order valence-corrected chi connectivity index (χ1v) is 6.59. The zero-order valence-electron chi connectivity index (χ0n) is 11.0. The number of carboxylic acid groups (broad SMARTS) is 1. The van der Waals surface area contributed by atoms with Crippen LogP contribution in [-0.2, 0) is 4.79 Å². The molecule has 3 N–H and O–H groups in total. The molecular weight excluding hydrogens is 260 g/mol. The van der Waals surface area contributed by atoms with Crippen LogP contribution in [0.25, 0.3) is 0 Å². The van der Waals surface area contributed by atoms with Crippen LogP contribution in [0.15, 0.2) is 12.3 Å². The first-order chi connectivity index (χ1) is 9.56. The number of aromatic carboxylic acids is 1. The third-order valence-corrected chi connectivity index (χ3v) is 3.94. The second-order valence-electron chi connectivity index (χ2n) is 5.17. The maximum atomic E-state index is 11.6. The molecule has 3 heterocycles. The largest absolute Gasteiger partial charge is 0.478 e. The van der Waals surface area contributed by atoms with E-state index in [-0.39, 0.29) is 17.5 Å². The molecule has 0 bridgehead atoms. The Bertz CT molecular complexity index is 575. The van der Waals surface area contributed by atoms with Gasteiger partial charge in [0.05, 0.1) is 11.3 Å². The maximum absolute atomic E-state index is 11.6. The Balaban J connectivity index is 1.80. The van der Waals surface area contributed by atoms with Gasteiger partial charge in [-0.1, -0.05) is 0 Å². The number of hydrogen-bond donors (Lipinski definition) is 2. The van der Waals surface area contributed by atoms with Gasteiger partial charge in [0.15, 0.2) is 5.82 Å². The molecule has 1 aromatic heterocycles. The molecule has 3 rings (SSSR count). The molecule has 1 unspecified atom stereocenters. The highest BCUT2D eigenvalue weighted by Gasteiger charge is 2.36. The van der Waals surface area contributed by atoms with E-state index in [0.29, 0.717) is 37.6 Å². The van der Waals surface area contributed by atoms with Gasteiger partial charge in [0.1, 0.15) is 0 Å². The highest BCUT2D eigenvalue weighted by molar-refractivity contribution is 5.89. The van der Waals surface area contributed by atoms with Gasteiger partial charge in [0, 0.05) is 38.3 Å². The number of fused-ring (bicyclic) bond motifs is 1. The molecule has 1 atom stereocenters. The topological polar surface area (TPSA) is 99.8 Å². The molecule has 2 aliphatic rings. The molecule has 7 nitrogen and oxygen atoms in total. The molecule has 0 aliphatic carbocycles. The lowest BCUT2D eigenvalue weighted by molar-refractivity contribution is -0.129. The van der Waals surface area contributed by atoms with Crippen LogP contribution < -0.4 is 10.6 Å². The van der Waals surface area contributed by atoms with Crippen molar-refractivity contribution in [2.45, 2.75) is 18.9 Å². The molecule has 2 fully saturated rings. The predicted molar refractivity (Wildman–Crippen MR) is 72.6 cm³/mol. The van der Waals surface area contributed by atoms with E-state index in [1.807, 2.05) is 9.80 Å². The average molecular weight is 276 g/mol. The summed E-state index contributed by atoms with van der Waals surface area (Å²) < 4.78 is 0. The predicted octanol–water partition coefficient (Wildman–Crippen LogP) is 0.173. The SMILES string of the molecule is Nc1cc(C(=O)O)cnc1N1CCN2C(=O)CCC2C1. The van der Waals surface area contributed by atoms with E-state index in [4.69, 9.17) is 10.8 Å². The van der Waals surface area contributed by atoms with Crippen molar-refractivity contribution < 1.29 is 14.7 Å². The molecule has 0 saturated carbocycles. The van der Waals surface area contributed by atoms with Gasteiger partial charge < -0.3 is 20.6 Å². The summed E-state index contributed by atoms with van der Waals surface area (Å²) in [6, 6.07) is 1.65. The lowest BCUT2D eigenvalue weighted by atomic mass is 10.1. The van der Waals surface area contributed by atoms with Gasteiger partial charge in [-0.05, 0) is 12.5 Å². The van der Waals surface area contributed by atoms with Crippen molar-refractivity contribution in [3.05, 3.63) is 17.8 Å². The smallest absolute Gasteiger partial charge is 0.337 e. The van der Waals surface area contributed by atoms with Gasteiger partial charge >= 0.3 is 5.97 Å². The number of amides is 1. The van der Waals surface area contributed by atoms with Crippen molar-refractivity contribution in [1.29, 1.82) is 0 Å². The van der Waals surface area contributed by atoms with Crippen LogP contribution in [0, 0.1) is 0 Å². The van der Waals surface area contributed by atoms with E-state index in [0.717, 1.165) is 6.42 Å². The van der Waals surface area contributed by atoms with Crippen molar-refractivity contribution in [2.75, 3.05) is 30.3 Å². The molecule has 0 radical (unpaired) electrons. The van der Waals surface area contributed by atoms with Crippen molar-refractivity contribution in [3.63, 3.8) is 0 Å². The summed E-state index contributed by atoms with van der Waals surface area (Å²) in [5.41, 5.74) is 6.35. The van der Waals surface area contributed by atoms with E-state index >= 15 is 0 Å². The fraction of sp³-hybridized carbons (Fsp3) is 0.462. The van der Waals surface area contributed by atoms with Gasteiger partial charge in [-0.3, -0.25) is 4.79 Å². The van der Waals surface area contributed by atoms with Crippen LogP contribution in [0.5, 0.6) is 0 Å². The molecule has 1 amide bonds. The number of anilines is 2. The summed E-state index contributed by atoms with van der Waals surface area (Å²) in [5, 5.41) is 8.91. The minimum atomic E-state index is -1.04. The van der Waals surface area contributed by atoms with Crippen LogP contribution in [0.1, 0.15) is 23.2 Å². The Labute approximate surface area is 116 Å². The second-order valence-corrected chi connectivity index (χ2v) is 5.17. The standard InChI is InChI=1S/C13H16N4O3/c14-10-5-8(13(19)20)6-15-12(10)16-3-4-17-9(7-16)1-2-11(17)18/h5-6,9H,1-4,7,14H2,(H,19,20). The highest BCUT2D eigenvalue weighted by Crippen LogP contribution is 2.28. The molecule has 7 heteroatoms. The van der Waals surface area contributed by atoms with Crippen LogP contribution in [0.3, 0.4) is 0 Å². The van der Waals surface area contributed by atoms with Crippen molar-refractivity contribution in [2.24, 2.45) is 0 Å². The van der Waals surface area contributed by atoms with Crippen LogP contribution in [0.4, 0.5) is 11.5 Å². The summed E-state index contributed by atoms with van der Waals surface area (Å²) in [6.45, 7) is 2.05. The molecule has 0 spiro atoms. The zero-order valence-corrected chi connectivity index (χ0v) is 11.0. The Kier molecular flexibility index (Phi) is 2.96. The number of nitrogen functional groups attached to an aromatic ring is 1. The normalized spacial score (nSPS) is 22.0. The van der Waals surface area contributed by atoms with E-state index in [2.05, 4.69) is 4.98 Å². The summed E-state index contributed by atoms with van der Waals surface area (Å²) in [5.74, 6) is -0.215. The number of carbonyl (C=O) groups excluding carboxylic acids is 1. The fourth-order valence-electron chi connectivity index (χ4n) is 2.91. The molecule has 20 heavy (non-hydrogen) atoms. The number of aromatic nitrogens is 1. The monoisotopic (exact) mass is 276 g/mol. The van der Waals surface area contributed by atoms with Gasteiger partial charge in [-0.2, -0.15) is 0 Å². The van der Waals surface area contributed by atoms with Crippen LogP contribution in [-0.4, -0.2) is 52.5 Å². The van der Waals surface area contributed by atoms with E-state index in [1.165, 1.54) is 12.3 Å². The zero-order chi connectivity index (χ0) is 14.3. The Morgan fingerprint density at radius 3 is 2.95 bits per heavy atom. The molecule has 2 aliphatic heterocycles. The maximum Gasteiger partial charge on any atom is 0.337 e. The minimum absolute atomic E-state index is 0.0842. The summed E-state index contributed by atoms with van der Waals surface area (Å²) in [7, 11) is 0. The van der Waals surface area contributed by atoms with E-state index in [9.17, 15) is 9.59 Å². The third-order valence-electron chi connectivity index (χ3n) is 3.94. The summed E-state index contributed by atoms with van der Waals surface area (Å²) in [6.07, 6.45) is 2.79. The quantitative estimate of drug-likeness (QED) is 0.799. The molecule has 0 aromatic carbocycles. The van der Waals surface area contributed by atoms with Crippen LogP contribution in [0.2, 0.25) is 0 Å². The Morgan fingerprint density at radius 2 is 2.25 bits per heavy atom. The number of rotatable bonds is 2. The molecule has 1 aromatic rings.